The molecule has 280 valence electrons. The Labute approximate surface area is 342 Å². The molecule has 1 aliphatic rings. The van der Waals surface area contributed by atoms with Crippen LogP contribution in [0.5, 0.6) is 0 Å². The maximum atomic E-state index is 6.71. The van der Waals surface area contributed by atoms with Gasteiger partial charge in [-0.25, -0.2) is 15.0 Å². The summed E-state index contributed by atoms with van der Waals surface area (Å²) in [6.45, 7) is 4.59. The van der Waals surface area contributed by atoms with E-state index in [4.69, 9.17) is 19.4 Å². The molecule has 0 radical (unpaired) electrons. The largest absolute Gasteiger partial charge is 0.456 e. The number of para-hydroxylation sites is 1. The number of benzene rings is 8. The van der Waals surface area contributed by atoms with Crippen LogP contribution in [0.1, 0.15) is 25.0 Å². The lowest BCUT2D eigenvalue weighted by molar-refractivity contribution is 0.661. The number of anilines is 3. The fraction of sp³-hybridized carbons (Fsp3) is 0.0556. The number of hydrogen-bond acceptors (Lipinski definition) is 5. The second kappa shape index (κ2) is 13.8. The van der Waals surface area contributed by atoms with Crippen LogP contribution in [0.4, 0.5) is 17.1 Å². The zero-order chi connectivity index (χ0) is 39.5. The molecule has 0 aliphatic heterocycles. The SMILES string of the molecule is CC1(C)c2ccccc2-c2cccc(-c3nc(-c4ccccc4)nc(-c4ccc5c(c4)oc4cccc(N(c6ccccc6)c6ccc(-c7ccccc7)cc6)c45)n3)c21. The van der Waals surface area contributed by atoms with E-state index in [1.54, 1.807) is 0 Å². The van der Waals surface area contributed by atoms with Gasteiger partial charge in [-0.2, -0.15) is 0 Å². The van der Waals surface area contributed by atoms with Gasteiger partial charge in [-0.1, -0.05) is 159 Å². The molecule has 0 N–H and O–H groups in total. The minimum Gasteiger partial charge on any atom is -0.456 e. The van der Waals surface area contributed by atoms with Crippen LogP contribution in [-0.2, 0) is 5.41 Å². The van der Waals surface area contributed by atoms with Crippen molar-refractivity contribution in [3.05, 3.63) is 205 Å². The van der Waals surface area contributed by atoms with Gasteiger partial charge in [0.15, 0.2) is 17.5 Å². The Hall–Kier alpha value is -7.63. The van der Waals surface area contributed by atoms with Gasteiger partial charge in [-0.15, -0.1) is 0 Å². The number of rotatable bonds is 7. The second-order valence-electron chi connectivity index (χ2n) is 15.6. The lowest BCUT2D eigenvalue weighted by Gasteiger charge is -2.26. The summed E-state index contributed by atoms with van der Waals surface area (Å²) in [5.74, 6) is 1.86. The maximum Gasteiger partial charge on any atom is 0.164 e. The van der Waals surface area contributed by atoms with Crippen molar-refractivity contribution in [1.29, 1.82) is 0 Å². The zero-order valence-corrected chi connectivity index (χ0v) is 32.7. The van der Waals surface area contributed by atoms with Gasteiger partial charge in [-0.05, 0) is 81.9 Å². The average Bonchev–Trinajstić information content (AvgIpc) is 3.79. The van der Waals surface area contributed by atoms with Crippen LogP contribution in [-0.4, -0.2) is 15.0 Å². The maximum absolute atomic E-state index is 6.71. The van der Waals surface area contributed by atoms with E-state index < -0.39 is 0 Å². The smallest absolute Gasteiger partial charge is 0.164 e. The van der Waals surface area contributed by atoms with E-state index >= 15 is 0 Å². The summed E-state index contributed by atoms with van der Waals surface area (Å²) >= 11 is 0. The number of nitrogens with zero attached hydrogens (tertiary/aromatic N) is 4. The highest BCUT2D eigenvalue weighted by Crippen LogP contribution is 2.52. The van der Waals surface area contributed by atoms with E-state index in [0.29, 0.717) is 17.5 Å². The molecule has 2 heterocycles. The first kappa shape index (κ1) is 34.6. The molecule has 0 spiro atoms. The van der Waals surface area contributed by atoms with Crippen molar-refractivity contribution in [2.75, 3.05) is 4.90 Å². The molecule has 0 unspecified atom stereocenters. The summed E-state index contributed by atoms with van der Waals surface area (Å²) in [6.07, 6.45) is 0. The molecule has 59 heavy (non-hydrogen) atoms. The van der Waals surface area contributed by atoms with Crippen molar-refractivity contribution in [1.82, 2.24) is 15.0 Å². The molecule has 0 saturated heterocycles. The van der Waals surface area contributed by atoms with E-state index in [1.165, 1.54) is 33.4 Å². The van der Waals surface area contributed by atoms with Crippen LogP contribution in [0.15, 0.2) is 199 Å². The molecule has 0 amide bonds. The van der Waals surface area contributed by atoms with E-state index in [2.05, 4.69) is 183 Å². The first-order chi connectivity index (χ1) is 29.0. The molecule has 1 aliphatic carbocycles. The zero-order valence-electron chi connectivity index (χ0n) is 32.7. The summed E-state index contributed by atoms with van der Waals surface area (Å²) in [7, 11) is 0. The monoisotopic (exact) mass is 758 g/mol. The standard InChI is InChI=1S/C54H38N4O/c1-54(2)45-25-13-12-22-41(45)42-23-14-24-44(50(42)54)53-56-51(37-18-8-4-9-19-37)55-52(57-53)38-30-33-43-48(34-38)59-47-27-15-26-46(49(43)47)58(39-20-10-5-11-21-39)40-31-28-36(29-32-40)35-16-6-3-7-17-35/h3-34H,1-2H3. The first-order valence-corrected chi connectivity index (χ1v) is 20.0. The second-order valence-corrected chi connectivity index (χ2v) is 15.6. The fourth-order valence-corrected chi connectivity index (χ4v) is 8.95. The third-order valence-corrected chi connectivity index (χ3v) is 11.7. The van der Waals surface area contributed by atoms with E-state index in [-0.39, 0.29) is 5.41 Å². The molecule has 11 rings (SSSR count). The minimum atomic E-state index is -0.231. The number of hydrogen-bond donors (Lipinski definition) is 0. The average molecular weight is 759 g/mol. The molecule has 0 atom stereocenters. The Morgan fingerprint density at radius 1 is 0.424 bits per heavy atom. The van der Waals surface area contributed by atoms with Crippen LogP contribution in [0, 0.1) is 0 Å². The summed E-state index contributed by atoms with van der Waals surface area (Å²) in [5.41, 5.74) is 14.7. The Morgan fingerprint density at radius 3 is 1.75 bits per heavy atom. The van der Waals surface area contributed by atoms with Crippen molar-refractivity contribution in [2.24, 2.45) is 0 Å². The number of fused-ring (bicyclic) bond motifs is 6. The van der Waals surface area contributed by atoms with E-state index in [1.807, 2.05) is 30.3 Å². The minimum absolute atomic E-state index is 0.231. The molecule has 5 nitrogen and oxygen atoms in total. The van der Waals surface area contributed by atoms with Crippen LogP contribution >= 0.6 is 0 Å². The predicted octanol–water partition coefficient (Wildman–Crippen LogP) is 14.2. The molecule has 2 aromatic heterocycles. The summed E-state index contributed by atoms with van der Waals surface area (Å²) in [6, 6.07) is 67.7. The lowest BCUT2D eigenvalue weighted by atomic mass is 9.80. The van der Waals surface area contributed by atoms with Crippen molar-refractivity contribution >= 4 is 39.0 Å². The molecule has 0 bridgehead atoms. The van der Waals surface area contributed by atoms with Crippen molar-refractivity contribution in [3.8, 4) is 56.4 Å². The van der Waals surface area contributed by atoms with Crippen LogP contribution in [0.25, 0.3) is 78.4 Å². The van der Waals surface area contributed by atoms with Crippen molar-refractivity contribution in [2.45, 2.75) is 19.3 Å². The van der Waals surface area contributed by atoms with Gasteiger partial charge in [0.25, 0.3) is 0 Å². The Balaban J connectivity index is 1.06. The third-order valence-electron chi connectivity index (χ3n) is 11.7. The van der Waals surface area contributed by atoms with E-state index in [0.717, 1.165) is 55.7 Å². The van der Waals surface area contributed by atoms with Crippen molar-refractivity contribution in [3.63, 3.8) is 0 Å². The molecule has 5 heteroatoms. The van der Waals surface area contributed by atoms with E-state index in [9.17, 15) is 0 Å². The molecular weight excluding hydrogens is 721 g/mol. The lowest BCUT2D eigenvalue weighted by Crippen LogP contribution is -2.17. The van der Waals surface area contributed by atoms with Crippen LogP contribution < -0.4 is 4.90 Å². The Kier molecular flexibility index (Phi) is 8.09. The quantitative estimate of drug-likeness (QED) is 0.162. The third kappa shape index (κ3) is 5.81. The van der Waals surface area contributed by atoms with Crippen LogP contribution in [0.3, 0.4) is 0 Å². The topological polar surface area (TPSA) is 55.1 Å². The molecular formula is C54H38N4O. The van der Waals surface area contributed by atoms with Crippen molar-refractivity contribution < 1.29 is 4.42 Å². The van der Waals surface area contributed by atoms with Gasteiger partial charge in [-0.3, -0.25) is 0 Å². The Morgan fingerprint density at radius 2 is 0.983 bits per heavy atom. The van der Waals surface area contributed by atoms with Gasteiger partial charge in [0.05, 0.1) is 11.1 Å². The van der Waals surface area contributed by atoms with Crippen LogP contribution in [0.2, 0.25) is 0 Å². The highest BCUT2D eigenvalue weighted by atomic mass is 16.3. The molecule has 10 aromatic rings. The van der Waals surface area contributed by atoms with Gasteiger partial charge < -0.3 is 9.32 Å². The number of aromatic nitrogens is 3. The highest BCUT2D eigenvalue weighted by molar-refractivity contribution is 6.14. The molecule has 0 fully saturated rings. The molecule has 8 aromatic carbocycles. The first-order valence-electron chi connectivity index (χ1n) is 20.0. The van der Waals surface area contributed by atoms with Gasteiger partial charge in [0.2, 0.25) is 0 Å². The summed E-state index contributed by atoms with van der Waals surface area (Å²) in [5, 5.41) is 2.05. The summed E-state index contributed by atoms with van der Waals surface area (Å²) < 4.78 is 6.71. The van der Waals surface area contributed by atoms with Gasteiger partial charge in [0, 0.05) is 38.9 Å². The molecule has 0 saturated carbocycles. The summed E-state index contributed by atoms with van der Waals surface area (Å²) in [4.78, 5) is 17.8. The normalized spacial score (nSPS) is 12.7. The predicted molar refractivity (Wildman–Crippen MR) is 241 cm³/mol. The Bertz CT molecular complexity index is 3170. The highest BCUT2D eigenvalue weighted by Gasteiger charge is 2.38. The van der Waals surface area contributed by atoms with Gasteiger partial charge in [0.1, 0.15) is 11.2 Å². The van der Waals surface area contributed by atoms with Gasteiger partial charge >= 0.3 is 0 Å². The fourth-order valence-electron chi connectivity index (χ4n) is 8.95. The number of furan rings is 1.